The van der Waals surface area contributed by atoms with Gasteiger partial charge >= 0.3 is 0 Å². The second kappa shape index (κ2) is 30.7. The van der Waals surface area contributed by atoms with Gasteiger partial charge in [-0.25, -0.2) is 0 Å². The topological polar surface area (TPSA) is 47.6 Å². The number of nitriles is 2. The lowest BCUT2D eigenvalue weighted by Gasteiger charge is -2.04. The molecule has 32 heavy (non-hydrogen) atoms. The van der Waals surface area contributed by atoms with E-state index in [1.807, 2.05) is 0 Å². The first-order chi connectivity index (χ1) is 15.9. The Morgan fingerprint density at radius 3 is 0.594 bits per heavy atom. The Bertz CT molecular complexity index is 388. The zero-order valence-electron chi connectivity index (χ0n) is 21.1. The second-order valence-corrected chi connectivity index (χ2v) is 11.1. The predicted molar refractivity (Wildman–Crippen MR) is 147 cm³/mol. The average Bonchev–Trinajstić information content (AvgIpc) is 2.81. The smallest absolute Gasteiger partial charge is 0.133 e. The molecule has 0 unspecified atom stereocenters. The van der Waals surface area contributed by atoms with E-state index in [1.54, 1.807) is 0 Å². The summed E-state index contributed by atoms with van der Waals surface area (Å²) < 4.78 is 0. The monoisotopic (exact) mass is 480 g/mol. The van der Waals surface area contributed by atoms with Crippen LogP contribution in [0.3, 0.4) is 0 Å². The van der Waals surface area contributed by atoms with Crippen molar-refractivity contribution in [2.45, 2.75) is 154 Å². The van der Waals surface area contributed by atoms with E-state index >= 15 is 0 Å². The molecule has 0 rings (SSSR count). The summed E-state index contributed by atoms with van der Waals surface area (Å²) in [6.07, 6.45) is 33.6. The van der Waals surface area contributed by atoms with Gasteiger partial charge in [-0.1, -0.05) is 141 Å². The highest BCUT2D eigenvalue weighted by Gasteiger charge is 1.96. The molecule has 0 amide bonds. The molecule has 0 fully saturated rings. The molecule has 0 aromatic rings. The molecule has 4 heteroatoms. The Hall–Kier alpha value is -0.320. The largest absolute Gasteiger partial charge is 0.185 e. The summed E-state index contributed by atoms with van der Waals surface area (Å²) >= 11 is 2.80. The summed E-state index contributed by atoms with van der Waals surface area (Å²) in [6, 6.07) is 0. The van der Waals surface area contributed by atoms with Crippen molar-refractivity contribution in [1.82, 2.24) is 0 Å². The van der Waals surface area contributed by atoms with Crippen molar-refractivity contribution in [3.63, 3.8) is 0 Å². The lowest BCUT2D eigenvalue weighted by atomic mass is 10.0. The Kier molecular flexibility index (Phi) is 30.4. The van der Waals surface area contributed by atoms with Gasteiger partial charge in [-0.3, -0.25) is 0 Å². The highest BCUT2D eigenvalue weighted by molar-refractivity contribution is 8.03. The third-order valence-electron chi connectivity index (χ3n) is 6.37. The number of thiocyanates is 2. The summed E-state index contributed by atoms with van der Waals surface area (Å²) in [5.41, 5.74) is 0. The Labute approximate surface area is 210 Å². The van der Waals surface area contributed by atoms with Gasteiger partial charge in [-0.05, 0) is 36.4 Å². The van der Waals surface area contributed by atoms with Crippen LogP contribution in [0.25, 0.3) is 0 Å². The summed E-state index contributed by atoms with van der Waals surface area (Å²) in [4.78, 5) is 0. The minimum Gasteiger partial charge on any atom is -0.185 e. The lowest BCUT2D eigenvalue weighted by Crippen LogP contribution is -1.85. The molecule has 0 atom stereocenters. The number of nitrogens with zero attached hydrogens (tertiary/aromatic N) is 2. The first-order valence-electron chi connectivity index (χ1n) is 13.9. The van der Waals surface area contributed by atoms with Gasteiger partial charge in [0.1, 0.15) is 10.8 Å². The molecule has 0 aromatic heterocycles. The molecule has 0 saturated carbocycles. The van der Waals surface area contributed by atoms with E-state index in [0.29, 0.717) is 0 Å². The third-order valence-corrected chi connectivity index (χ3v) is 7.62. The summed E-state index contributed by atoms with van der Waals surface area (Å²) in [7, 11) is 0. The number of thioether (sulfide) groups is 2. The molecule has 0 aliphatic rings. The maximum atomic E-state index is 8.47. The summed E-state index contributed by atoms with van der Waals surface area (Å²) in [5.74, 6) is 2.03. The van der Waals surface area contributed by atoms with Crippen molar-refractivity contribution in [2.75, 3.05) is 11.5 Å². The zero-order chi connectivity index (χ0) is 23.2. The molecule has 0 aliphatic heterocycles. The fourth-order valence-electron chi connectivity index (χ4n) is 4.33. The molecule has 0 heterocycles. The quantitative estimate of drug-likeness (QED) is 0.0866. The van der Waals surface area contributed by atoms with Crippen LogP contribution in [0.2, 0.25) is 0 Å². The Balaban J connectivity index is 3.00. The SMILES string of the molecule is N#CSCCCCCCCCCCCCCCCCCCCCCCCCCCSC#N. The molecule has 186 valence electrons. The van der Waals surface area contributed by atoms with E-state index in [2.05, 4.69) is 10.8 Å². The first kappa shape index (κ1) is 31.7. The van der Waals surface area contributed by atoms with Crippen molar-refractivity contribution >= 4 is 23.5 Å². The van der Waals surface area contributed by atoms with Crippen molar-refractivity contribution in [1.29, 1.82) is 10.5 Å². The second-order valence-electron chi connectivity index (χ2n) is 9.36. The van der Waals surface area contributed by atoms with Crippen molar-refractivity contribution < 1.29 is 0 Å². The van der Waals surface area contributed by atoms with Crippen LogP contribution in [0.15, 0.2) is 0 Å². The summed E-state index contributed by atoms with van der Waals surface area (Å²) in [5, 5.41) is 21.2. The minimum atomic E-state index is 1.02. The molecular formula is C28H52N2S2. The first-order valence-corrected chi connectivity index (χ1v) is 15.9. The molecule has 0 saturated heterocycles. The van der Waals surface area contributed by atoms with Crippen LogP contribution in [-0.2, 0) is 0 Å². The molecule has 0 N–H and O–H groups in total. The Morgan fingerprint density at radius 1 is 0.281 bits per heavy atom. The van der Waals surface area contributed by atoms with Gasteiger partial charge in [0.25, 0.3) is 0 Å². The minimum absolute atomic E-state index is 1.02. The van der Waals surface area contributed by atoms with Gasteiger partial charge in [0.2, 0.25) is 0 Å². The third kappa shape index (κ3) is 29.7. The highest BCUT2D eigenvalue weighted by atomic mass is 32.2. The standard InChI is InChI=1S/C28H52N2S2/c29-27-31-25-23-21-19-17-15-13-11-9-7-5-3-1-2-4-6-8-10-12-14-16-18-20-22-24-26-32-28-30/h1-26H2. The maximum Gasteiger partial charge on any atom is 0.133 e. The van der Waals surface area contributed by atoms with Gasteiger partial charge in [-0.2, -0.15) is 10.5 Å². The van der Waals surface area contributed by atoms with Crippen molar-refractivity contribution in [3.8, 4) is 10.8 Å². The molecule has 0 aromatic carbocycles. The maximum absolute atomic E-state index is 8.47. The normalized spacial score (nSPS) is 10.8. The van der Waals surface area contributed by atoms with Gasteiger partial charge in [0.15, 0.2) is 0 Å². The molecule has 0 aliphatic carbocycles. The van der Waals surface area contributed by atoms with Crippen LogP contribution < -0.4 is 0 Å². The predicted octanol–water partition coefficient (Wildman–Crippen LogP) is 10.8. The van der Waals surface area contributed by atoms with E-state index in [9.17, 15) is 0 Å². The molecule has 2 nitrogen and oxygen atoms in total. The van der Waals surface area contributed by atoms with Crippen LogP contribution in [0.1, 0.15) is 154 Å². The van der Waals surface area contributed by atoms with E-state index in [0.717, 1.165) is 11.5 Å². The fourth-order valence-corrected chi connectivity index (χ4v) is 5.21. The number of unbranched alkanes of at least 4 members (excludes halogenated alkanes) is 23. The van der Waals surface area contributed by atoms with Gasteiger partial charge < -0.3 is 0 Å². The van der Waals surface area contributed by atoms with Crippen molar-refractivity contribution in [2.24, 2.45) is 0 Å². The molecule has 0 spiro atoms. The van der Waals surface area contributed by atoms with Crippen LogP contribution in [-0.4, -0.2) is 11.5 Å². The van der Waals surface area contributed by atoms with E-state index < -0.39 is 0 Å². The van der Waals surface area contributed by atoms with E-state index in [1.165, 1.54) is 178 Å². The Morgan fingerprint density at radius 2 is 0.438 bits per heavy atom. The molecule has 0 bridgehead atoms. The van der Waals surface area contributed by atoms with Gasteiger partial charge in [0, 0.05) is 11.5 Å². The highest BCUT2D eigenvalue weighted by Crippen LogP contribution is 2.16. The number of hydrogen-bond acceptors (Lipinski definition) is 4. The number of rotatable bonds is 27. The molecule has 0 radical (unpaired) electrons. The van der Waals surface area contributed by atoms with Crippen molar-refractivity contribution in [3.05, 3.63) is 0 Å². The van der Waals surface area contributed by atoms with Crippen LogP contribution in [0, 0.1) is 21.3 Å². The van der Waals surface area contributed by atoms with Crippen LogP contribution in [0.5, 0.6) is 0 Å². The van der Waals surface area contributed by atoms with Gasteiger partial charge in [-0.15, -0.1) is 0 Å². The zero-order valence-corrected chi connectivity index (χ0v) is 22.7. The van der Waals surface area contributed by atoms with Crippen LogP contribution in [0.4, 0.5) is 0 Å². The van der Waals surface area contributed by atoms with Gasteiger partial charge in [0.05, 0.1) is 0 Å². The fraction of sp³-hybridized carbons (Fsp3) is 0.929. The summed E-state index contributed by atoms with van der Waals surface area (Å²) in [6.45, 7) is 0. The molecular weight excluding hydrogens is 428 g/mol. The lowest BCUT2D eigenvalue weighted by molar-refractivity contribution is 0.518. The average molecular weight is 481 g/mol. The van der Waals surface area contributed by atoms with Crippen LogP contribution >= 0.6 is 23.5 Å². The van der Waals surface area contributed by atoms with E-state index in [-0.39, 0.29) is 0 Å². The van der Waals surface area contributed by atoms with E-state index in [4.69, 9.17) is 10.5 Å². The number of hydrogen-bond donors (Lipinski definition) is 0.